The molecular formula is C18H29ClN2. The van der Waals surface area contributed by atoms with Crippen molar-refractivity contribution in [2.24, 2.45) is 0 Å². The average molecular weight is 309 g/mol. The summed E-state index contributed by atoms with van der Waals surface area (Å²) >= 11 is 6.48. The Bertz CT molecular complexity index is 427. The Hall–Kier alpha value is -0.730. The second-order valence-corrected chi connectivity index (χ2v) is 6.40. The van der Waals surface area contributed by atoms with Crippen molar-refractivity contribution in [3.8, 4) is 0 Å². The minimum atomic E-state index is 0.687. The zero-order valence-electron chi connectivity index (χ0n) is 13.5. The standard InChI is InChI=1S/C18H29ClN2/c1-3-13-20-14-16-17(19)11-8-12-18(16)21(4-2)15-9-6-5-7-10-15/h8,11-12,15,20H,3-7,9-10,13-14H2,1-2H3. The Morgan fingerprint density at radius 3 is 2.62 bits per heavy atom. The van der Waals surface area contributed by atoms with Crippen LogP contribution >= 0.6 is 11.6 Å². The summed E-state index contributed by atoms with van der Waals surface area (Å²) < 4.78 is 0. The van der Waals surface area contributed by atoms with E-state index in [0.29, 0.717) is 6.04 Å². The molecule has 1 saturated carbocycles. The largest absolute Gasteiger partial charge is 0.369 e. The third-order valence-corrected chi connectivity index (χ3v) is 4.84. The maximum absolute atomic E-state index is 6.48. The molecule has 0 spiro atoms. The van der Waals surface area contributed by atoms with Gasteiger partial charge in [-0.3, -0.25) is 0 Å². The van der Waals surface area contributed by atoms with Crippen molar-refractivity contribution in [3.05, 3.63) is 28.8 Å². The zero-order chi connectivity index (χ0) is 15.1. The van der Waals surface area contributed by atoms with Gasteiger partial charge in [0.2, 0.25) is 0 Å². The first-order valence-corrected chi connectivity index (χ1v) is 8.90. The molecule has 0 saturated heterocycles. The Kier molecular flexibility index (Phi) is 6.85. The molecule has 0 unspecified atom stereocenters. The first-order chi connectivity index (χ1) is 10.3. The minimum Gasteiger partial charge on any atom is -0.369 e. The van der Waals surface area contributed by atoms with E-state index in [-0.39, 0.29) is 0 Å². The lowest BCUT2D eigenvalue weighted by atomic mass is 9.93. The van der Waals surface area contributed by atoms with Crippen LogP contribution in [0.2, 0.25) is 5.02 Å². The molecular weight excluding hydrogens is 280 g/mol. The first-order valence-electron chi connectivity index (χ1n) is 8.52. The molecule has 1 aromatic carbocycles. The van der Waals surface area contributed by atoms with Crippen molar-refractivity contribution in [1.82, 2.24) is 5.32 Å². The number of rotatable bonds is 7. The number of halogens is 1. The van der Waals surface area contributed by atoms with Crippen LogP contribution in [0, 0.1) is 0 Å². The van der Waals surface area contributed by atoms with Crippen molar-refractivity contribution in [3.63, 3.8) is 0 Å². The van der Waals surface area contributed by atoms with E-state index in [0.717, 1.165) is 31.1 Å². The van der Waals surface area contributed by atoms with Gasteiger partial charge in [-0.05, 0) is 44.9 Å². The second-order valence-electron chi connectivity index (χ2n) is 5.99. The molecule has 0 radical (unpaired) electrons. The van der Waals surface area contributed by atoms with Crippen LogP contribution in [0.5, 0.6) is 0 Å². The van der Waals surface area contributed by atoms with Crippen LogP contribution in [-0.2, 0) is 6.54 Å². The topological polar surface area (TPSA) is 15.3 Å². The summed E-state index contributed by atoms with van der Waals surface area (Å²) in [5.41, 5.74) is 2.60. The molecule has 2 nitrogen and oxygen atoms in total. The van der Waals surface area contributed by atoms with Crippen molar-refractivity contribution in [2.45, 2.75) is 65.0 Å². The third kappa shape index (κ3) is 4.37. The van der Waals surface area contributed by atoms with E-state index in [9.17, 15) is 0 Å². The SMILES string of the molecule is CCCNCc1c(Cl)cccc1N(CC)C1CCCCC1. The lowest BCUT2D eigenvalue weighted by molar-refractivity contribution is 0.417. The van der Waals surface area contributed by atoms with Gasteiger partial charge in [-0.2, -0.15) is 0 Å². The maximum Gasteiger partial charge on any atom is 0.0471 e. The van der Waals surface area contributed by atoms with Crippen LogP contribution in [0.3, 0.4) is 0 Å². The molecule has 1 aliphatic rings. The van der Waals surface area contributed by atoms with E-state index in [2.05, 4.69) is 36.2 Å². The van der Waals surface area contributed by atoms with Gasteiger partial charge in [-0.1, -0.05) is 43.9 Å². The van der Waals surface area contributed by atoms with Crippen LogP contribution in [0.15, 0.2) is 18.2 Å². The highest BCUT2D eigenvalue weighted by molar-refractivity contribution is 6.31. The van der Waals surface area contributed by atoms with E-state index in [4.69, 9.17) is 11.6 Å². The summed E-state index contributed by atoms with van der Waals surface area (Å²) in [6.45, 7) is 7.43. The van der Waals surface area contributed by atoms with Gasteiger partial charge >= 0.3 is 0 Å². The number of nitrogens with one attached hydrogen (secondary N) is 1. The number of hydrogen-bond acceptors (Lipinski definition) is 2. The monoisotopic (exact) mass is 308 g/mol. The molecule has 2 rings (SSSR count). The Morgan fingerprint density at radius 1 is 1.19 bits per heavy atom. The highest BCUT2D eigenvalue weighted by atomic mass is 35.5. The van der Waals surface area contributed by atoms with E-state index in [1.807, 2.05) is 6.07 Å². The number of anilines is 1. The molecule has 0 bridgehead atoms. The van der Waals surface area contributed by atoms with Gasteiger partial charge in [-0.15, -0.1) is 0 Å². The molecule has 0 atom stereocenters. The van der Waals surface area contributed by atoms with Crippen LogP contribution in [-0.4, -0.2) is 19.1 Å². The van der Waals surface area contributed by atoms with E-state index < -0.39 is 0 Å². The number of hydrogen-bond donors (Lipinski definition) is 1. The fourth-order valence-corrected chi connectivity index (χ4v) is 3.64. The molecule has 0 heterocycles. The second kappa shape index (κ2) is 8.65. The van der Waals surface area contributed by atoms with Gasteiger partial charge in [0.25, 0.3) is 0 Å². The summed E-state index contributed by atoms with van der Waals surface area (Å²) in [6, 6.07) is 7.04. The Balaban J connectivity index is 2.20. The van der Waals surface area contributed by atoms with Crippen LogP contribution in [0.1, 0.15) is 57.9 Å². The third-order valence-electron chi connectivity index (χ3n) is 4.49. The molecule has 0 aromatic heterocycles. The highest BCUT2D eigenvalue weighted by Gasteiger charge is 2.22. The molecule has 3 heteroatoms. The molecule has 0 aliphatic heterocycles. The zero-order valence-corrected chi connectivity index (χ0v) is 14.3. The number of benzene rings is 1. The van der Waals surface area contributed by atoms with E-state index >= 15 is 0 Å². The molecule has 1 N–H and O–H groups in total. The summed E-state index contributed by atoms with van der Waals surface area (Å²) in [7, 11) is 0. The molecule has 0 amide bonds. The fourth-order valence-electron chi connectivity index (χ4n) is 3.40. The van der Waals surface area contributed by atoms with Crippen LogP contribution < -0.4 is 10.2 Å². The van der Waals surface area contributed by atoms with Crippen molar-refractivity contribution in [1.29, 1.82) is 0 Å². The summed E-state index contributed by atoms with van der Waals surface area (Å²) in [5, 5.41) is 4.40. The lowest BCUT2D eigenvalue weighted by Crippen LogP contribution is -2.37. The van der Waals surface area contributed by atoms with Gasteiger partial charge in [-0.25, -0.2) is 0 Å². The fraction of sp³-hybridized carbons (Fsp3) is 0.667. The molecule has 1 aromatic rings. The van der Waals surface area contributed by atoms with Gasteiger partial charge in [0.1, 0.15) is 0 Å². The predicted molar refractivity (Wildman–Crippen MR) is 93.3 cm³/mol. The van der Waals surface area contributed by atoms with E-state index in [1.54, 1.807) is 0 Å². The van der Waals surface area contributed by atoms with E-state index in [1.165, 1.54) is 43.4 Å². The number of nitrogens with zero attached hydrogens (tertiary/aromatic N) is 1. The van der Waals surface area contributed by atoms with Crippen molar-refractivity contribution in [2.75, 3.05) is 18.0 Å². The van der Waals surface area contributed by atoms with Crippen molar-refractivity contribution >= 4 is 17.3 Å². The summed E-state index contributed by atoms with van der Waals surface area (Å²) in [5.74, 6) is 0. The maximum atomic E-state index is 6.48. The van der Waals surface area contributed by atoms with Gasteiger partial charge in [0.15, 0.2) is 0 Å². The Labute approximate surface area is 134 Å². The average Bonchev–Trinajstić information content (AvgIpc) is 2.52. The van der Waals surface area contributed by atoms with Crippen LogP contribution in [0.25, 0.3) is 0 Å². The Morgan fingerprint density at radius 2 is 1.95 bits per heavy atom. The van der Waals surface area contributed by atoms with Gasteiger partial charge in [0.05, 0.1) is 0 Å². The first kappa shape index (κ1) is 16.6. The molecule has 118 valence electrons. The lowest BCUT2D eigenvalue weighted by Gasteiger charge is -2.37. The minimum absolute atomic E-state index is 0.687. The van der Waals surface area contributed by atoms with Crippen LogP contribution in [0.4, 0.5) is 5.69 Å². The molecule has 1 aliphatic carbocycles. The van der Waals surface area contributed by atoms with Crippen molar-refractivity contribution < 1.29 is 0 Å². The highest BCUT2D eigenvalue weighted by Crippen LogP contribution is 2.32. The van der Waals surface area contributed by atoms with Gasteiger partial charge in [0, 0.05) is 35.4 Å². The van der Waals surface area contributed by atoms with Gasteiger partial charge < -0.3 is 10.2 Å². The predicted octanol–water partition coefficient (Wildman–Crippen LogP) is 5.00. The quantitative estimate of drug-likeness (QED) is 0.713. The molecule has 1 fully saturated rings. The molecule has 21 heavy (non-hydrogen) atoms. The summed E-state index contributed by atoms with van der Waals surface area (Å²) in [6.07, 6.45) is 7.93. The normalized spacial score (nSPS) is 16.1. The summed E-state index contributed by atoms with van der Waals surface area (Å²) in [4.78, 5) is 2.58. The smallest absolute Gasteiger partial charge is 0.0471 e.